The minimum atomic E-state index is -3.20. The monoisotopic (exact) mass is 557 g/mol. The molecule has 39 heavy (non-hydrogen) atoms. The lowest BCUT2D eigenvalue weighted by atomic mass is 10.1. The molecule has 0 unspecified atom stereocenters. The van der Waals surface area contributed by atoms with E-state index in [-0.39, 0.29) is 22.4 Å². The third-order valence-corrected chi connectivity index (χ3v) is 5.95. The lowest BCUT2D eigenvalue weighted by molar-refractivity contribution is -0.113. The van der Waals surface area contributed by atoms with E-state index in [0.29, 0.717) is 20.1 Å². The van der Waals surface area contributed by atoms with Gasteiger partial charge in [0.2, 0.25) is 0 Å². The average molecular weight is 557 g/mol. The summed E-state index contributed by atoms with van der Waals surface area (Å²) in [7, 11) is 0. The predicted octanol–water partition coefficient (Wildman–Crippen LogP) is 4.57. The lowest BCUT2D eigenvalue weighted by Crippen LogP contribution is -2.58. The Morgan fingerprint density at radius 1 is 0.846 bits per heavy atom. The minimum absolute atomic E-state index is 0.0393. The molecule has 0 bridgehead atoms. The first-order chi connectivity index (χ1) is 18.2. The van der Waals surface area contributed by atoms with E-state index in [0.717, 1.165) is 17.0 Å². The second-order valence-corrected chi connectivity index (χ2v) is 8.73. The number of fused-ring (bicyclic) bond motifs is 2. The Bertz CT molecular complexity index is 1540. The fourth-order valence-electron chi connectivity index (χ4n) is 3.71. The normalized spacial score (nSPS) is 15.1. The molecule has 1 aliphatic heterocycles. The van der Waals surface area contributed by atoms with Crippen LogP contribution in [0, 0.1) is 0 Å². The summed E-state index contributed by atoms with van der Waals surface area (Å²) in [5, 5.41) is 16.7. The molecule has 208 valence electrons. The number of nitrogens with zero attached hydrogens (tertiary/aromatic N) is 7. The number of carbonyl (C=O) groups excluding carboxylic acids is 1. The number of amides is 1. The van der Waals surface area contributed by atoms with Crippen molar-refractivity contribution in [3.05, 3.63) is 48.3 Å². The number of pyridine rings is 2. The zero-order valence-electron chi connectivity index (χ0n) is 20.5. The van der Waals surface area contributed by atoms with E-state index in [1.807, 2.05) is 0 Å². The first kappa shape index (κ1) is 27.8. The Morgan fingerprint density at radius 2 is 1.28 bits per heavy atom. The maximum atomic E-state index is 13.8. The molecule has 0 spiro atoms. The van der Waals surface area contributed by atoms with Gasteiger partial charge in [0.1, 0.15) is 11.4 Å². The summed E-state index contributed by atoms with van der Waals surface area (Å²) in [6.45, 7) is 1.27. The Kier molecular flexibility index (Phi) is 6.99. The van der Waals surface area contributed by atoms with Gasteiger partial charge >= 0.3 is 18.1 Å². The lowest BCUT2D eigenvalue weighted by Gasteiger charge is -2.38. The van der Waals surface area contributed by atoms with E-state index in [9.17, 15) is 35.9 Å². The van der Waals surface area contributed by atoms with Gasteiger partial charge in [0.05, 0.1) is 36.5 Å². The number of rotatable bonds is 6. The highest BCUT2D eigenvalue weighted by Gasteiger charge is 2.46. The highest BCUT2D eigenvalue weighted by Crippen LogP contribution is 2.31. The molecule has 1 aliphatic rings. The van der Waals surface area contributed by atoms with Crippen molar-refractivity contribution >= 4 is 33.7 Å². The van der Waals surface area contributed by atoms with Gasteiger partial charge in [-0.15, -0.1) is 0 Å². The smallest absolute Gasteiger partial charge is 0.354 e. The van der Waals surface area contributed by atoms with E-state index >= 15 is 0 Å². The fourth-order valence-corrected chi connectivity index (χ4v) is 3.71. The number of aromatic carboxylic acids is 1. The maximum absolute atomic E-state index is 13.8. The Balaban J connectivity index is 0.000000187. The van der Waals surface area contributed by atoms with Crippen molar-refractivity contribution in [2.75, 3.05) is 13.1 Å². The van der Waals surface area contributed by atoms with Gasteiger partial charge in [0, 0.05) is 36.0 Å². The summed E-state index contributed by atoms with van der Waals surface area (Å²) in [4.78, 5) is 31.1. The average Bonchev–Trinajstić information content (AvgIpc) is 3.51. The van der Waals surface area contributed by atoms with Gasteiger partial charge in [0.15, 0.2) is 0 Å². The van der Waals surface area contributed by atoms with E-state index in [1.165, 1.54) is 38.6 Å². The van der Waals surface area contributed by atoms with Gasteiger partial charge in [-0.3, -0.25) is 9.78 Å². The number of hydrogen-bond donors (Lipinski definition) is 1. The van der Waals surface area contributed by atoms with E-state index < -0.39 is 55.8 Å². The zero-order valence-corrected chi connectivity index (χ0v) is 20.5. The Morgan fingerprint density at radius 3 is 1.69 bits per heavy atom. The molecule has 4 aromatic rings. The van der Waals surface area contributed by atoms with Crippen LogP contribution in [-0.4, -0.2) is 70.4 Å². The van der Waals surface area contributed by atoms with Crippen LogP contribution >= 0.6 is 0 Å². The number of carboxylic acids is 1. The fraction of sp³-hybridized carbons (Fsp3) is 0.391. The van der Waals surface area contributed by atoms with Crippen molar-refractivity contribution in [3.8, 4) is 0 Å². The molecule has 0 aliphatic carbocycles. The summed E-state index contributed by atoms with van der Waals surface area (Å²) in [6.07, 6.45) is 4.02. The molecular formula is C23H21F6N7O3. The number of hydrogen-bond acceptors (Lipinski definition) is 6. The van der Waals surface area contributed by atoms with Crippen molar-refractivity contribution in [1.82, 2.24) is 34.4 Å². The van der Waals surface area contributed by atoms with Gasteiger partial charge in [-0.25, -0.2) is 27.9 Å². The molecule has 10 nitrogen and oxygen atoms in total. The number of aromatic nitrogens is 6. The largest absolute Gasteiger partial charge is 0.477 e. The van der Waals surface area contributed by atoms with Gasteiger partial charge in [-0.2, -0.15) is 27.8 Å². The van der Waals surface area contributed by atoms with Crippen LogP contribution in [0.4, 0.5) is 26.3 Å². The van der Waals surface area contributed by atoms with Crippen molar-refractivity contribution in [1.29, 1.82) is 0 Å². The van der Waals surface area contributed by atoms with Gasteiger partial charge in [-0.05, 0) is 12.1 Å². The highest BCUT2D eigenvalue weighted by molar-refractivity contribution is 5.96. The standard InChI is InChI=1S/C13H12F4N4O.C10H9F2N3O2/c1-2-13(16,17)21-10-3-9(18-4-8(10)5-19-21)11(22)20-6-12(14,15)7-20;1-2-10(11,12)15-8-3-7(9(16)17)13-4-6(8)5-14-15/h3-5H,2,6-7H2,1H3;3-5H,2H2,1H3,(H,16,17). The third-order valence-electron chi connectivity index (χ3n) is 5.95. The number of carboxylic acid groups (broad SMARTS) is 1. The SMILES string of the molecule is CCC(F)(F)n1ncc2cnc(C(=O)N3CC(F)(F)C3)cc21.CCC(F)(F)n1ncc2cnc(C(=O)O)cc21. The molecule has 1 N–H and O–H groups in total. The van der Waals surface area contributed by atoms with Crippen LogP contribution in [0.15, 0.2) is 36.9 Å². The van der Waals surface area contributed by atoms with Gasteiger partial charge in [0.25, 0.3) is 11.8 Å². The summed E-state index contributed by atoms with van der Waals surface area (Å²) in [5.74, 6) is -4.86. The van der Waals surface area contributed by atoms with Crippen LogP contribution in [0.2, 0.25) is 0 Å². The van der Waals surface area contributed by atoms with Crippen LogP contribution < -0.4 is 0 Å². The third kappa shape index (κ3) is 5.35. The molecule has 0 atom stereocenters. The van der Waals surface area contributed by atoms with Crippen LogP contribution in [0.3, 0.4) is 0 Å². The van der Waals surface area contributed by atoms with Crippen molar-refractivity contribution in [2.24, 2.45) is 0 Å². The van der Waals surface area contributed by atoms with Crippen LogP contribution in [0.1, 0.15) is 47.7 Å². The number of alkyl halides is 6. The van der Waals surface area contributed by atoms with E-state index in [1.54, 1.807) is 0 Å². The van der Waals surface area contributed by atoms with Crippen molar-refractivity contribution in [2.45, 2.75) is 44.7 Å². The second-order valence-electron chi connectivity index (χ2n) is 8.73. The minimum Gasteiger partial charge on any atom is -0.477 e. The van der Waals surface area contributed by atoms with Crippen molar-refractivity contribution < 1.29 is 41.0 Å². The summed E-state index contributed by atoms with van der Waals surface area (Å²) >= 11 is 0. The quantitative estimate of drug-likeness (QED) is 0.345. The molecule has 0 radical (unpaired) electrons. The summed E-state index contributed by atoms with van der Waals surface area (Å²) in [5.41, 5.74) is -0.343. The maximum Gasteiger partial charge on any atom is 0.354 e. The molecule has 5 rings (SSSR count). The van der Waals surface area contributed by atoms with Gasteiger partial charge in [-0.1, -0.05) is 13.8 Å². The topological polar surface area (TPSA) is 119 Å². The Labute approximate surface area is 215 Å². The van der Waals surface area contributed by atoms with Crippen molar-refractivity contribution in [3.63, 3.8) is 0 Å². The number of carbonyl (C=O) groups is 2. The second kappa shape index (κ2) is 9.81. The summed E-state index contributed by atoms with van der Waals surface area (Å²) < 4.78 is 81.3. The molecular weight excluding hydrogens is 536 g/mol. The van der Waals surface area contributed by atoms with E-state index in [4.69, 9.17) is 5.11 Å². The van der Waals surface area contributed by atoms with E-state index in [2.05, 4.69) is 20.2 Å². The Hall–Kier alpha value is -4.24. The molecule has 0 aromatic carbocycles. The highest BCUT2D eigenvalue weighted by atomic mass is 19.3. The zero-order chi connectivity index (χ0) is 28.8. The molecule has 0 saturated carbocycles. The molecule has 16 heteroatoms. The first-order valence-electron chi connectivity index (χ1n) is 11.5. The molecule has 1 fully saturated rings. The molecule has 4 aromatic heterocycles. The molecule has 1 amide bonds. The first-order valence-corrected chi connectivity index (χ1v) is 11.5. The van der Waals surface area contributed by atoms with Crippen LogP contribution in [-0.2, 0) is 12.1 Å². The predicted molar refractivity (Wildman–Crippen MR) is 124 cm³/mol. The molecule has 1 saturated heterocycles. The van der Waals surface area contributed by atoms with Gasteiger partial charge < -0.3 is 10.0 Å². The number of likely N-dealkylation sites (tertiary alicyclic amines) is 1. The van der Waals surface area contributed by atoms with Crippen LogP contribution in [0.5, 0.6) is 0 Å². The molecule has 5 heterocycles. The number of halogens is 6. The van der Waals surface area contributed by atoms with Crippen LogP contribution in [0.25, 0.3) is 21.8 Å². The summed E-state index contributed by atoms with van der Waals surface area (Å²) in [6, 6.07) is -4.09.